The molecular weight excluding hydrogens is 208 g/mol. The average Bonchev–Trinajstić information content (AvgIpc) is 2.12. The Morgan fingerprint density at radius 3 is 1.27 bits per heavy atom. The van der Waals surface area contributed by atoms with Crippen LogP contribution in [0.3, 0.4) is 0 Å². The minimum absolute atomic E-state index is 0. The third kappa shape index (κ3) is 32.0. The summed E-state index contributed by atoms with van der Waals surface area (Å²) >= 11 is 0. The number of carboxylic acid groups (broad SMARTS) is 2. The van der Waals surface area contributed by atoms with Gasteiger partial charge in [-0.2, -0.15) is 0 Å². The maximum atomic E-state index is 9.60. The van der Waals surface area contributed by atoms with Crippen molar-refractivity contribution in [3.63, 3.8) is 0 Å². The molecule has 0 aromatic rings. The minimum atomic E-state index is -1.01. The van der Waals surface area contributed by atoms with E-state index in [-0.39, 0.29) is 35.9 Å². The fourth-order valence-electron chi connectivity index (χ4n) is 0.440. The second-order valence-electron chi connectivity index (χ2n) is 2.40. The molecule has 0 saturated heterocycles. The number of carboxylic acids is 2. The molecule has 0 bridgehead atoms. The molecule has 0 spiro atoms. The molecule has 0 atom stereocenters. The molecule has 0 saturated carbocycles. The third-order valence-corrected chi connectivity index (χ3v) is 1.11. The van der Waals surface area contributed by atoms with E-state index >= 15 is 0 Å². The van der Waals surface area contributed by atoms with Gasteiger partial charge in [-0.1, -0.05) is 12.2 Å². The van der Waals surface area contributed by atoms with E-state index in [1.807, 2.05) is 0 Å². The first-order chi connectivity index (χ1) is 6.54. The monoisotopic (exact) mass is 222 g/mol. The quantitative estimate of drug-likeness (QED) is 0.428. The number of hydrogen-bond donors (Lipinski definition) is 0. The molecular formula is C10H14MgO4. The van der Waals surface area contributed by atoms with Gasteiger partial charge in [0.25, 0.3) is 0 Å². The Morgan fingerprint density at radius 2 is 1.20 bits per heavy atom. The van der Waals surface area contributed by atoms with Gasteiger partial charge in [0.1, 0.15) is 0 Å². The molecule has 0 aliphatic rings. The van der Waals surface area contributed by atoms with Crippen molar-refractivity contribution in [2.75, 3.05) is 0 Å². The number of hydrogen-bond acceptors (Lipinski definition) is 4. The van der Waals surface area contributed by atoms with Crippen molar-refractivity contribution in [2.45, 2.75) is 25.7 Å². The molecule has 0 amide bonds. The zero-order valence-corrected chi connectivity index (χ0v) is 10.2. The average molecular weight is 223 g/mol. The van der Waals surface area contributed by atoms with E-state index in [0.717, 1.165) is 0 Å². The van der Waals surface area contributed by atoms with Crippen LogP contribution in [0.25, 0.3) is 0 Å². The SMILES string of the molecule is C=CCCC(=O)[O-].C=CCCC(=O)[O-].[Mg+2]. The molecule has 0 heterocycles. The van der Waals surface area contributed by atoms with Crippen LogP contribution < -0.4 is 10.2 Å². The molecule has 80 valence electrons. The summed E-state index contributed by atoms with van der Waals surface area (Å²) in [5.74, 6) is -2.03. The number of carbonyl (C=O) groups excluding carboxylic acids is 2. The summed E-state index contributed by atoms with van der Waals surface area (Å²) in [7, 11) is 0. The molecule has 0 fully saturated rings. The number of rotatable bonds is 6. The van der Waals surface area contributed by atoms with Gasteiger partial charge in [0.15, 0.2) is 0 Å². The first-order valence-corrected chi connectivity index (χ1v) is 4.16. The Balaban J connectivity index is -0.000000180. The Bertz CT molecular complexity index is 180. The zero-order chi connectivity index (χ0) is 11.4. The molecule has 15 heavy (non-hydrogen) atoms. The fourth-order valence-corrected chi connectivity index (χ4v) is 0.440. The third-order valence-electron chi connectivity index (χ3n) is 1.11. The van der Waals surface area contributed by atoms with E-state index in [1.54, 1.807) is 12.2 Å². The van der Waals surface area contributed by atoms with Crippen LogP contribution in [-0.2, 0) is 9.59 Å². The van der Waals surface area contributed by atoms with Crippen LogP contribution in [0.15, 0.2) is 25.3 Å². The van der Waals surface area contributed by atoms with Gasteiger partial charge in [-0.3, -0.25) is 0 Å². The summed E-state index contributed by atoms with van der Waals surface area (Å²) in [6.45, 7) is 6.68. The second-order valence-corrected chi connectivity index (χ2v) is 2.40. The predicted molar refractivity (Wildman–Crippen MR) is 54.6 cm³/mol. The molecule has 4 nitrogen and oxygen atoms in total. The summed E-state index contributed by atoms with van der Waals surface area (Å²) in [6.07, 6.45) is 4.28. The van der Waals surface area contributed by atoms with Gasteiger partial charge in [0, 0.05) is 11.9 Å². The molecule has 0 radical (unpaired) electrons. The Labute approximate surface area is 106 Å². The first kappa shape index (κ1) is 19.7. The van der Waals surface area contributed by atoms with Crippen molar-refractivity contribution in [1.29, 1.82) is 0 Å². The van der Waals surface area contributed by atoms with Crippen molar-refractivity contribution in [1.82, 2.24) is 0 Å². The Hall–Kier alpha value is -0.814. The normalized spacial score (nSPS) is 7.47. The van der Waals surface area contributed by atoms with Gasteiger partial charge >= 0.3 is 23.1 Å². The fraction of sp³-hybridized carbons (Fsp3) is 0.400. The van der Waals surface area contributed by atoms with Gasteiger partial charge < -0.3 is 19.8 Å². The summed E-state index contributed by atoms with van der Waals surface area (Å²) in [4.78, 5) is 19.2. The molecule has 0 aliphatic carbocycles. The van der Waals surface area contributed by atoms with Crippen LogP contribution in [0.4, 0.5) is 0 Å². The summed E-state index contributed by atoms with van der Waals surface area (Å²) in [5.41, 5.74) is 0. The van der Waals surface area contributed by atoms with Crippen molar-refractivity contribution in [3.05, 3.63) is 25.3 Å². The van der Waals surface area contributed by atoms with Gasteiger partial charge in [-0.25, -0.2) is 0 Å². The molecule has 0 aliphatic heterocycles. The number of carbonyl (C=O) groups is 2. The van der Waals surface area contributed by atoms with E-state index in [2.05, 4.69) is 13.2 Å². The summed E-state index contributed by atoms with van der Waals surface area (Å²) in [5, 5.41) is 19.2. The first-order valence-electron chi connectivity index (χ1n) is 4.16. The van der Waals surface area contributed by atoms with E-state index in [0.29, 0.717) is 12.8 Å². The van der Waals surface area contributed by atoms with Gasteiger partial charge in [0.2, 0.25) is 0 Å². The number of allylic oxidation sites excluding steroid dienone is 2. The molecule has 0 unspecified atom stereocenters. The molecule has 0 aromatic carbocycles. The van der Waals surface area contributed by atoms with E-state index in [1.165, 1.54) is 0 Å². The van der Waals surface area contributed by atoms with E-state index < -0.39 is 11.9 Å². The molecule has 0 rings (SSSR count). The minimum Gasteiger partial charge on any atom is -0.550 e. The topological polar surface area (TPSA) is 80.3 Å². The molecule has 5 heteroatoms. The largest absolute Gasteiger partial charge is 2.00 e. The Morgan fingerprint density at radius 1 is 0.933 bits per heavy atom. The Kier molecular flexibility index (Phi) is 20.6. The number of aliphatic carboxylic acids is 2. The van der Waals surface area contributed by atoms with Gasteiger partial charge in [0.05, 0.1) is 0 Å². The smallest absolute Gasteiger partial charge is 0.550 e. The van der Waals surface area contributed by atoms with Crippen LogP contribution in [0.1, 0.15) is 25.7 Å². The second kappa shape index (κ2) is 15.6. The van der Waals surface area contributed by atoms with E-state index in [9.17, 15) is 19.8 Å². The maximum absolute atomic E-state index is 9.60. The van der Waals surface area contributed by atoms with Crippen molar-refractivity contribution >= 4 is 35.0 Å². The van der Waals surface area contributed by atoms with Crippen LogP contribution in [0, 0.1) is 0 Å². The van der Waals surface area contributed by atoms with Crippen LogP contribution in [0.2, 0.25) is 0 Å². The van der Waals surface area contributed by atoms with Crippen molar-refractivity contribution in [3.8, 4) is 0 Å². The summed E-state index contributed by atoms with van der Waals surface area (Å²) in [6, 6.07) is 0. The van der Waals surface area contributed by atoms with Gasteiger partial charge in [-0.15, -0.1) is 13.2 Å². The van der Waals surface area contributed by atoms with E-state index in [4.69, 9.17) is 0 Å². The summed E-state index contributed by atoms with van der Waals surface area (Å²) < 4.78 is 0. The zero-order valence-electron chi connectivity index (χ0n) is 8.74. The predicted octanol–water partition coefficient (Wildman–Crippen LogP) is -0.976. The molecule has 0 aromatic heterocycles. The molecule has 0 N–H and O–H groups in total. The van der Waals surface area contributed by atoms with Crippen LogP contribution in [-0.4, -0.2) is 35.0 Å². The van der Waals surface area contributed by atoms with Crippen LogP contribution in [0.5, 0.6) is 0 Å². The maximum Gasteiger partial charge on any atom is 2.00 e. The standard InChI is InChI=1S/2C5H8O2.Mg/c2*1-2-3-4-5(6)7;/h2*2H,1,3-4H2,(H,6,7);/q;;+2/p-2. The van der Waals surface area contributed by atoms with Crippen LogP contribution >= 0.6 is 0 Å². The van der Waals surface area contributed by atoms with Crippen molar-refractivity contribution in [2.24, 2.45) is 0 Å². The van der Waals surface area contributed by atoms with Crippen molar-refractivity contribution < 1.29 is 19.8 Å². The van der Waals surface area contributed by atoms with Gasteiger partial charge in [-0.05, 0) is 25.7 Å².